The number of nitrogen functional groups attached to an aromatic ring is 1. The highest BCUT2D eigenvalue weighted by Crippen LogP contribution is 2.35. The number of nitrogens with one attached hydrogen (secondary N) is 1. The van der Waals surface area contributed by atoms with Crippen molar-refractivity contribution >= 4 is 22.8 Å². The van der Waals surface area contributed by atoms with E-state index >= 15 is 0 Å². The maximum atomic E-state index is 6.10. The molecule has 1 saturated heterocycles. The molecule has 0 amide bonds. The Balaban J connectivity index is 1.55. The zero-order valence-corrected chi connectivity index (χ0v) is 15.2. The van der Waals surface area contributed by atoms with E-state index in [1.165, 1.54) is 64.5 Å². The van der Waals surface area contributed by atoms with E-state index < -0.39 is 0 Å². The Morgan fingerprint density at radius 1 is 1.08 bits per heavy atom. The van der Waals surface area contributed by atoms with Gasteiger partial charge in [0.15, 0.2) is 5.65 Å². The molecular formula is C18H29N7. The van der Waals surface area contributed by atoms with Crippen LogP contribution in [0.5, 0.6) is 0 Å². The molecule has 0 bridgehead atoms. The predicted octanol–water partition coefficient (Wildman–Crippen LogP) is 2.55. The number of hydrogen-bond acceptors (Lipinski definition) is 6. The normalized spacial score (nSPS) is 21.5. The molecule has 0 atom stereocenters. The minimum Gasteiger partial charge on any atom is -0.383 e. The first-order chi connectivity index (χ1) is 12.2. The highest BCUT2D eigenvalue weighted by molar-refractivity contribution is 5.86. The second-order valence-corrected chi connectivity index (χ2v) is 7.62. The number of nitrogens with zero attached hydrogens (tertiary/aromatic N) is 5. The average Bonchev–Trinajstić information content (AvgIpc) is 3.03. The number of likely N-dealkylation sites (tertiary alicyclic amines) is 1. The molecule has 4 rings (SSSR count). The summed E-state index contributed by atoms with van der Waals surface area (Å²) >= 11 is 0. The van der Waals surface area contributed by atoms with Crippen LogP contribution in [0.3, 0.4) is 0 Å². The van der Waals surface area contributed by atoms with Gasteiger partial charge < -0.3 is 11.1 Å². The molecule has 0 spiro atoms. The molecule has 2 aromatic heterocycles. The zero-order chi connectivity index (χ0) is 17.3. The number of hydrogen-bond donors (Lipinski definition) is 2. The molecule has 2 fully saturated rings. The van der Waals surface area contributed by atoms with E-state index in [0.29, 0.717) is 11.8 Å². The molecule has 25 heavy (non-hydrogen) atoms. The Morgan fingerprint density at radius 3 is 2.56 bits per heavy atom. The molecule has 136 valence electrons. The first-order valence-corrected chi connectivity index (χ1v) is 9.62. The van der Waals surface area contributed by atoms with Crippen molar-refractivity contribution in [3.8, 4) is 0 Å². The van der Waals surface area contributed by atoms with E-state index in [4.69, 9.17) is 5.73 Å². The fourth-order valence-corrected chi connectivity index (χ4v) is 4.55. The molecule has 0 radical (unpaired) electrons. The molecule has 3 N–H and O–H groups in total. The standard InChI is InChI=1S/C18H29N7/c1-24-16-14(12-21-24)15(19)22-17(23-16)20-13-18(8-4-2-5-9-18)25-10-6-3-7-11-25/h12H,2-11,13H2,1H3,(H3,19,20,22,23). The molecule has 7 heteroatoms. The molecule has 3 heterocycles. The van der Waals surface area contributed by atoms with Gasteiger partial charge in [-0.2, -0.15) is 15.1 Å². The van der Waals surface area contributed by atoms with Crippen molar-refractivity contribution in [1.29, 1.82) is 0 Å². The Morgan fingerprint density at radius 2 is 1.80 bits per heavy atom. The summed E-state index contributed by atoms with van der Waals surface area (Å²) in [5, 5.41) is 8.57. The SMILES string of the molecule is Cn1ncc2c(N)nc(NCC3(N4CCCCC4)CCCCC3)nc21. The van der Waals surface area contributed by atoms with E-state index in [2.05, 4.69) is 25.3 Å². The fraction of sp³-hybridized carbons (Fsp3) is 0.722. The van der Waals surface area contributed by atoms with Crippen molar-refractivity contribution in [3.63, 3.8) is 0 Å². The Hall–Kier alpha value is -1.89. The summed E-state index contributed by atoms with van der Waals surface area (Å²) in [5.74, 6) is 1.12. The largest absolute Gasteiger partial charge is 0.383 e. The van der Waals surface area contributed by atoms with Crippen LogP contribution in [-0.4, -0.2) is 49.8 Å². The van der Waals surface area contributed by atoms with Crippen LogP contribution in [0.1, 0.15) is 51.4 Å². The first-order valence-electron chi connectivity index (χ1n) is 9.62. The predicted molar refractivity (Wildman–Crippen MR) is 100 cm³/mol. The van der Waals surface area contributed by atoms with E-state index in [1.807, 2.05) is 7.05 Å². The first kappa shape index (κ1) is 16.6. The lowest BCUT2D eigenvalue weighted by Crippen LogP contribution is -2.56. The summed E-state index contributed by atoms with van der Waals surface area (Å²) in [6, 6.07) is 0. The maximum Gasteiger partial charge on any atom is 0.226 e. The average molecular weight is 343 g/mol. The van der Waals surface area contributed by atoms with Crippen molar-refractivity contribution in [2.45, 2.75) is 56.9 Å². The Labute approximate surface area is 149 Å². The summed E-state index contributed by atoms with van der Waals surface area (Å²) in [5.41, 5.74) is 7.13. The number of rotatable bonds is 4. The van der Waals surface area contributed by atoms with Gasteiger partial charge in [0.25, 0.3) is 0 Å². The number of nitrogens with two attached hydrogens (primary N) is 1. The molecule has 0 unspecified atom stereocenters. The van der Waals surface area contributed by atoms with Crippen LogP contribution in [0, 0.1) is 0 Å². The zero-order valence-electron chi connectivity index (χ0n) is 15.2. The van der Waals surface area contributed by atoms with Gasteiger partial charge in [-0.3, -0.25) is 9.58 Å². The van der Waals surface area contributed by atoms with Crippen molar-refractivity contribution in [2.24, 2.45) is 7.05 Å². The van der Waals surface area contributed by atoms with Crippen LogP contribution in [-0.2, 0) is 7.05 Å². The number of anilines is 2. The number of aryl methyl sites for hydroxylation is 1. The van der Waals surface area contributed by atoms with Crippen LogP contribution in [0.25, 0.3) is 11.0 Å². The molecule has 7 nitrogen and oxygen atoms in total. The van der Waals surface area contributed by atoms with Gasteiger partial charge >= 0.3 is 0 Å². The van der Waals surface area contributed by atoms with Gasteiger partial charge in [-0.05, 0) is 38.8 Å². The highest BCUT2D eigenvalue weighted by Gasteiger charge is 2.38. The molecule has 2 aliphatic rings. The maximum absolute atomic E-state index is 6.10. The molecule has 0 aromatic carbocycles. The van der Waals surface area contributed by atoms with Gasteiger partial charge in [-0.1, -0.05) is 25.7 Å². The smallest absolute Gasteiger partial charge is 0.226 e. The quantitative estimate of drug-likeness (QED) is 0.887. The second kappa shape index (κ2) is 6.78. The van der Waals surface area contributed by atoms with Crippen LogP contribution in [0.15, 0.2) is 6.20 Å². The third-order valence-corrected chi connectivity index (χ3v) is 6.01. The third-order valence-electron chi connectivity index (χ3n) is 6.01. The summed E-state index contributed by atoms with van der Waals surface area (Å²) < 4.78 is 1.75. The molecule has 1 aliphatic heterocycles. The van der Waals surface area contributed by atoms with Gasteiger partial charge in [-0.25, -0.2) is 0 Å². The minimum absolute atomic E-state index is 0.248. The topological polar surface area (TPSA) is 84.9 Å². The monoisotopic (exact) mass is 343 g/mol. The number of fused-ring (bicyclic) bond motifs is 1. The van der Waals surface area contributed by atoms with Gasteiger partial charge in [0.05, 0.1) is 11.6 Å². The van der Waals surface area contributed by atoms with Crippen LogP contribution in [0.4, 0.5) is 11.8 Å². The van der Waals surface area contributed by atoms with Crippen molar-refractivity contribution in [1.82, 2.24) is 24.6 Å². The highest BCUT2D eigenvalue weighted by atomic mass is 15.3. The third kappa shape index (κ3) is 3.17. The van der Waals surface area contributed by atoms with Crippen LogP contribution < -0.4 is 11.1 Å². The van der Waals surface area contributed by atoms with Crippen LogP contribution in [0.2, 0.25) is 0 Å². The molecule has 1 aliphatic carbocycles. The van der Waals surface area contributed by atoms with Gasteiger partial charge in [0.2, 0.25) is 5.95 Å². The molecule has 1 saturated carbocycles. The minimum atomic E-state index is 0.248. The lowest BCUT2D eigenvalue weighted by Gasteiger charge is -2.48. The fourth-order valence-electron chi connectivity index (χ4n) is 4.55. The van der Waals surface area contributed by atoms with E-state index in [-0.39, 0.29) is 5.54 Å². The van der Waals surface area contributed by atoms with Crippen molar-refractivity contribution in [3.05, 3.63) is 6.20 Å². The lowest BCUT2D eigenvalue weighted by atomic mass is 9.79. The second-order valence-electron chi connectivity index (χ2n) is 7.62. The molecular weight excluding hydrogens is 314 g/mol. The summed E-state index contributed by atoms with van der Waals surface area (Å²) in [6.07, 6.45) is 12.3. The summed E-state index contributed by atoms with van der Waals surface area (Å²) in [4.78, 5) is 11.8. The van der Waals surface area contributed by atoms with E-state index in [9.17, 15) is 0 Å². The number of aromatic nitrogens is 4. The summed E-state index contributed by atoms with van der Waals surface area (Å²) in [6.45, 7) is 3.35. The molecule has 2 aromatic rings. The van der Waals surface area contributed by atoms with Crippen molar-refractivity contribution < 1.29 is 0 Å². The summed E-state index contributed by atoms with van der Waals surface area (Å²) in [7, 11) is 1.88. The van der Waals surface area contributed by atoms with E-state index in [1.54, 1.807) is 10.9 Å². The van der Waals surface area contributed by atoms with Gasteiger partial charge in [-0.15, -0.1) is 0 Å². The Bertz CT molecular complexity index is 726. The van der Waals surface area contributed by atoms with Crippen LogP contribution >= 0.6 is 0 Å². The number of piperidine rings is 1. The van der Waals surface area contributed by atoms with E-state index in [0.717, 1.165) is 17.6 Å². The lowest BCUT2D eigenvalue weighted by molar-refractivity contribution is 0.0436. The van der Waals surface area contributed by atoms with Gasteiger partial charge in [0, 0.05) is 19.1 Å². The van der Waals surface area contributed by atoms with Crippen molar-refractivity contribution in [2.75, 3.05) is 30.7 Å². The van der Waals surface area contributed by atoms with Gasteiger partial charge in [0.1, 0.15) is 5.82 Å². The Kier molecular flexibility index (Phi) is 4.50.